The quantitative estimate of drug-likeness (QED) is 0.407. The van der Waals surface area contributed by atoms with Crippen LogP contribution in [0, 0.1) is 0 Å². The summed E-state index contributed by atoms with van der Waals surface area (Å²) in [7, 11) is -3.90. The third-order valence-corrected chi connectivity index (χ3v) is 3.69. The van der Waals surface area contributed by atoms with Crippen LogP contribution < -0.4 is 0 Å². The molecular formula is C6H8INO4S. The number of nitrogens with zero attached hydrogens (tertiary/aromatic N) is 1. The highest BCUT2D eigenvalue weighted by molar-refractivity contribution is 14.1. The van der Waals surface area contributed by atoms with Crippen LogP contribution in [0.1, 0.15) is 13.8 Å². The summed E-state index contributed by atoms with van der Waals surface area (Å²) in [5.41, 5.74) is 0.276. The van der Waals surface area contributed by atoms with Crippen LogP contribution in [0.15, 0.2) is 11.8 Å². The van der Waals surface area contributed by atoms with Crippen LogP contribution in [0.4, 0.5) is 0 Å². The minimum absolute atomic E-state index is 0.276. The van der Waals surface area contributed by atoms with Gasteiger partial charge in [0.2, 0.25) is 0 Å². The van der Waals surface area contributed by atoms with Crippen molar-refractivity contribution in [1.29, 1.82) is 0 Å². The van der Waals surface area contributed by atoms with E-state index in [0.717, 1.165) is 6.26 Å². The molecule has 0 fully saturated rings. The topological polar surface area (TPSA) is 63.7 Å². The Kier molecular flexibility index (Phi) is 2.85. The van der Waals surface area contributed by atoms with Gasteiger partial charge >= 0.3 is 10.3 Å². The molecule has 0 aromatic heterocycles. The van der Waals surface area contributed by atoms with Crippen LogP contribution in [-0.2, 0) is 19.3 Å². The van der Waals surface area contributed by atoms with Crippen LogP contribution in [-0.4, -0.2) is 22.7 Å². The SMILES string of the molecule is CC1=COS(=O)(=O)N(C(C)I)C1=O. The lowest BCUT2D eigenvalue weighted by molar-refractivity contribution is -0.123. The van der Waals surface area contributed by atoms with E-state index < -0.39 is 20.3 Å². The second-order valence-electron chi connectivity index (χ2n) is 2.53. The second-order valence-corrected chi connectivity index (χ2v) is 5.77. The van der Waals surface area contributed by atoms with Crippen molar-refractivity contribution >= 4 is 38.8 Å². The van der Waals surface area contributed by atoms with Crippen LogP contribution in [0.25, 0.3) is 0 Å². The van der Waals surface area contributed by atoms with Gasteiger partial charge in [-0.25, -0.2) is 0 Å². The predicted octanol–water partition coefficient (Wildman–Crippen LogP) is 0.775. The van der Waals surface area contributed by atoms with Crippen LogP contribution in [0.5, 0.6) is 0 Å². The lowest BCUT2D eigenvalue weighted by atomic mass is 10.3. The number of hydrogen-bond acceptors (Lipinski definition) is 4. The summed E-state index contributed by atoms with van der Waals surface area (Å²) in [5, 5.41) is 0. The van der Waals surface area contributed by atoms with Crippen molar-refractivity contribution in [1.82, 2.24) is 4.31 Å². The fourth-order valence-electron chi connectivity index (χ4n) is 0.845. The highest BCUT2D eigenvalue weighted by Crippen LogP contribution is 2.22. The molecule has 13 heavy (non-hydrogen) atoms. The number of carbonyl (C=O) groups excluding carboxylic acids is 1. The first-order valence-corrected chi connectivity index (χ1v) is 6.05. The molecule has 0 aliphatic carbocycles. The fraction of sp³-hybridized carbons (Fsp3) is 0.500. The smallest absolute Gasteiger partial charge is 0.374 e. The highest BCUT2D eigenvalue weighted by atomic mass is 127. The number of amides is 1. The van der Waals surface area contributed by atoms with Gasteiger partial charge in [0.25, 0.3) is 5.91 Å². The summed E-state index contributed by atoms with van der Waals surface area (Å²) in [6.07, 6.45) is 0.952. The molecule has 0 aromatic rings. The number of carbonyl (C=O) groups is 1. The van der Waals surface area contributed by atoms with Gasteiger partial charge in [-0.05, 0) is 13.8 Å². The minimum Gasteiger partial charge on any atom is -0.374 e. The van der Waals surface area contributed by atoms with E-state index in [1.54, 1.807) is 6.92 Å². The van der Waals surface area contributed by atoms with E-state index in [0.29, 0.717) is 4.31 Å². The van der Waals surface area contributed by atoms with E-state index >= 15 is 0 Å². The van der Waals surface area contributed by atoms with Gasteiger partial charge in [0.05, 0.1) is 9.62 Å². The minimum atomic E-state index is -3.90. The molecule has 1 heterocycles. The summed E-state index contributed by atoms with van der Waals surface area (Å²) in [4.78, 5) is 11.4. The number of rotatable bonds is 1. The van der Waals surface area contributed by atoms with Crippen molar-refractivity contribution in [3.63, 3.8) is 0 Å². The summed E-state index contributed by atoms with van der Waals surface area (Å²) >= 11 is 1.83. The summed E-state index contributed by atoms with van der Waals surface area (Å²) < 4.78 is 27.1. The number of alkyl halides is 1. The van der Waals surface area contributed by atoms with E-state index in [1.165, 1.54) is 6.92 Å². The zero-order chi connectivity index (χ0) is 10.2. The second kappa shape index (κ2) is 3.45. The normalized spacial score (nSPS) is 23.5. The zero-order valence-electron chi connectivity index (χ0n) is 7.02. The van der Waals surface area contributed by atoms with Crippen molar-refractivity contribution in [2.45, 2.75) is 17.9 Å². The summed E-state index contributed by atoms with van der Waals surface area (Å²) in [6.45, 7) is 3.10. The van der Waals surface area contributed by atoms with Gasteiger partial charge in [-0.15, -0.1) is 0 Å². The Morgan fingerprint density at radius 3 is 2.54 bits per heavy atom. The molecule has 1 unspecified atom stereocenters. The highest BCUT2D eigenvalue weighted by Gasteiger charge is 2.36. The Morgan fingerprint density at radius 2 is 2.15 bits per heavy atom. The van der Waals surface area contributed by atoms with Gasteiger partial charge < -0.3 is 4.18 Å². The van der Waals surface area contributed by atoms with Gasteiger partial charge in [-0.2, -0.15) is 12.7 Å². The van der Waals surface area contributed by atoms with Gasteiger partial charge in [0.1, 0.15) is 6.26 Å². The van der Waals surface area contributed by atoms with Crippen molar-refractivity contribution in [3.8, 4) is 0 Å². The Bertz CT molecular complexity index is 359. The molecule has 0 bridgehead atoms. The Morgan fingerprint density at radius 1 is 1.62 bits per heavy atom. The molecule has 1 aliphatic rings. The van der Waals surface area contributed by atoms with Gasteiger partial charge in [0.15, 0.2) is 0 Å². The lowest BCUT2D eigenvalue weighted by Gasteiger charge is -2.26. The molecule has 0 saturated carbocycles. The maximum absolute atomic E-state index is 11.4. The average Bonchev–Trinajstić information content (AvgIpc) is 1.96. The van der Waals surface area contributed by atoms with E-state index in [1.807, 2.05) is 22.6 Å². The van der Waals surface area contributed by atoms with Gasteiger partial charge in [-0.3, -0.25) is 4.79 Å². The van der Waals surface area contributed by atoms with Gasteiger partial charge in [-0.1, -0.05) is 22.6 Å². The largest absolute Gasteiger partial charge is 0.412 e. The Labute approximate surface area is 90.1 Å². The number of hydrogen-bond donors (Lipinski definition) is 0. The molecule has 0 saturated heterocycles. The van der Waals surface area contributed by atoms with Crippen molar-refractivity contribution in [2.75, 3.05) is 0 Å². The van der Waals surface area contributed by atoms with Crippen molar-refractivity contribution in [3.05, 3.63) is 11.8 Å². The van der Waals surface area contributed by atoms with E-state index in [-0.39, 0.29) is 5.57 Å². The molecule has 0 spiro atoms. The van der Waals surface area contributed by atoms with Crippen molar-refractivity contribution < 1.29 is 17.4 Å². The van der Waals surface area contributed by atoms with Crippen molar-refractivity contribution in [2.24, 2.45) is 0 Å². The molecule has 5 nitrogen and oxygen atoms in total. The summed E-state index contributed by atoms with van der Waals surface area (Å²) in [6, 6.07) is 0. The third-order valence-electron chi connectivity index (χ3n) is 1.45. The summed E-state index contributed by atoms with van der Waals surface area (Å²) in [5.74, 6) is -0.534. The molecular weight excluding hydrogens is 309 g/mol. The predicted molar refractivity (Wildman–Crippen MR) is 54.1 cm³/mol. The van der Waals surface area contributed by atoms with Crippen LogP contribution >= 0.6 is 22.6 Å². The van der Waals surface area contributed by atoms with E-state index in [9.17, 15) is 13.2 Å². The molecule has 0 radical (unpaired) electrons. The van der Waals surface area contributed by atoms with Crippen LogP contribution in [0.3, 0.4) is 0 Å². The van der Waals surface area contributed by atoms with E-state index in [2.05, 4.69) is 4.18 Å². The Balaban J connectivity index is 3.18. The molecule has 1 atom stereocenters. The maximum atomic E-state index is 11.4. The molecule has 1 amide bonds. The lowest BCUT2D eigenvalue weighted by Crippen LogP contribution is -2.43. The fourth-order valence-corrected chi connectivity index (χ4v) is 2.99. The van der Waals surface area contributed by atoms with E-state index in [4.69, 9.17) is 0 Å². The molecule has 1 aliphatic heterocycles. The molecule has 1 rings (SSSR count). The first-order valence-electron chi connectivity index (χ1n) is 3.44. The first kappa shape index (κ1) is 10.8. The molecule has 74 valence electrons. The monoisotopic (exact) mass is 317 g/mol. The third kappa shape index (κ3) is 1.96. The standard InChI is InChI=1S/C6H8INO4S/c1-4-3-12-13(10,11)8(5(2)7)6(4)9/h3,5H,1-2H3. The molecule has 0 aromatic carbocycles. The zero-order valence-corrected chi connectivity index (χ0v) is 10.00. The average molecular weight is 317 g/mol. The maximum Gasteiger partial charge on any atom is 0.412 e. The van der Waals surface area contributed by atoms with Crippen LogP contribution in [0.2, 0.25) is 0 Å². The number of halogens is 1. The van der Waals surface area contributed by atoms with Gasteiger partial charge in [0, 0.05) is 0 Å². The molecule has 7 heteroatoms. The Hall–Kier alpha value is -0.310. The molecule has 0 N–H and O–H groups in total. The first-order chi connectivity index (χ1) is 5.86.